The molecule has 0 spiro atoms. The number of rotatable bonds is 3. The summed E-state index contributed by atoms with van der Waals surface area (Å²) in [5, 5.41) is 0.505. The van der Waals surface area contributed by atoms with Gasteiger partial charge in [0, 0.05) is 12.0 Å². The molecule has 6 heteroatoms. The van der Waals surface area contributed by atoms with E-state index in [1.807, 2.05) is 32.0 Å². The van der Waals surface area contributed by atoms with Crippen LogP contribution in [0.2, 0.25) is 0 Å². The molecule has 0 saturated heterocycles. The number of nitrogens with one attached hydrogen (secondary N) is 1. The van der Waals surface area contributed by atoms with Gasteiger partial charge in [-0.1, -0.05) is 32.0 Å². The van der Waals surface area contributed by atoms with Crippen LogP contribution in [0.1, 0.15) is 19.4 Å². The minimum Gasteiger partial charge on any atom is -0.486 e. The molecule has 6 nitrogen and oxygen atoms in total. The molecular weight excluding hydrogens is 332 g/mol. The zero-order valence-electron chi connectivity index (χ0n) is 14.7. The van der Waals surface area contributed by atoms with Crippen LogP contribution in [0, 0.1) is 0 Å². The molecular formula is C20H20N2O4. The molecule has 1 N–H and O–H groups in total. The molecule has 3 aromatic rings. The number of benzene rings is 2. The van der Waals surface area contributed by atoms with Crippen molar-refractivity contribution >= 4 is 10.9 Å². The summed E-state index contributed by atoms with van der Waals surface area (Å²) in [6.07, 6.45) is 0. The van der Waals surface area contributed by atoms with E-state index in [9.17, 15) is 9.59 Å². The molecule has 1 aromatic heterocycles. The molecule has 0 atom stereocenters. The molecule has 4 rings (SSSR count). The van der Waals surface area contributed by atoms with E-state index in [2.05, 4.69) is 4.98 Å². The van der Waals surface area contributed by atoms with Gasteiger partial charge in [0.25, 0.3) is 5.56 Å². The molecule has 0 unspecified atom stereocenters. The van der Waals surface area contributed by atoms with E-state index in [1.165, 1.54) is 4.57 Å². The lowest BCUT2D eigenvalue weighted by molar-refractivity contribution is 0.171. The zero-order chi connectivity index (χ0) is 18.3. The number of nitrogens with zero attached hydrogens (tertiary/aromatic N) is 1. The van der Waals surface area contributed by atoms with Crippen molar-refractivity contribution in [2.24, 2.45) is 0 Å². The number of hydrogen-bond donors (Lipinski definition) is 1. The summed E-state index contributed by atoms with van der Waals surface area (Å²) in [6.45, 7) is 5.31. The van der Waals surface area contributed by atoms with E-state index in [0.29, 0.717) is 29.9 Å². The van der Waals surface area contributed by atoms with Crippen LogP contribution in [0.15, 0.2) is 52.1 Å². The Labute approximate surface area is 150 Å². The maximum absolute atomic E-state index is 12.8. The Morgan fingerprint density at radius 2 is 1.77 bits per heavy atom. The predicted octanol–water partition coefficient (Wildman–Crippen LogP) is 2.44. The number of H-pyrrole nitrogens is 1. The highest BCUT2D eigenvalue weighted by atomic mass is 16.6. The Morgan fingerprint density at radius 1 is 1.04 bits per heavy atom. The Bertz CT molecular complexity index is 1090. The van der Waals surface area contributed by atoms with Crippen LogP contribution < -0.4 is 20.7 Å². The van der Waals surface area contributed by atoms with Crippen molar-refractivity contribution in [2.75, 3.05) is 13.2 Å². The number of para-hydroxylation sites is 1. The fourth-order valence-electron chi connectivity index (χ4n) is 3.29. The first-order chi connectivity index (χ1) is 12.5. The molecule has 134 valence electrons. The van der Waals surface area contributed by atoms with E-state index < -0.39 is 11.1 Å². The van der Waals surface area contributed by atoms with Crippen LogP contribution in [0.5, 0.6) is 11.5 Å². The fourth-order valence-corrected chi connectivity index (χ4v) is 3.29. The molecule has 1 aliphatic heterocycles. The molecule has 2 aromatic carbocycles. The summed E-state index contributed by atoms with van der Waals surface area (Å²) in [6, 6.07) is 12.8. The average molecular weight is 352 g/mol. The molecule has 0 amide bonds. The van der Waals surface area contributed by atoms with Crippen molar-refractivity contribution in [1.29, 1.82) is 0 Å². The lowest BCUT2D eigenvalue weighted by Crippen LogP contribution is -2.40. The van der Waals surface area contributed by atoms with Gasteiger partial charge in [-0.2, -0.15) is 0 Å². The maximum Gasteiger partial charge on any atom is 0.328 e. The van der Waals surface area contributed by atoms with Gasteiger partial charge in [-0.05, 0) is 29.8 Å². The Morgan fingerprint density at radius 3 is 2.58 bits per heavy atom. The van der Waals surface area contributed by atoms with Gasteiger partial charge < -0.3 is 14.5 Å². The first-order valence-electron chi connectivity index (χ1n) is 8.58. The Hall–Kier alpha value is -3.02. The molecule has 1 aliphatic rings. The van der Waals surface area contributed by atoms with E-state index in [0.717, 1.165) is 11.3 Å². The highest BCUT2D eigenvalue weighted by Crippen LogP contribution is 2.35. The normalized spacial score (nSPS) is 13.8. The van der Waals surface area contributed by atoms with Crippen molar-refractivity contribution in [2.45, 2.75) is 25.8 Å². The third-order valence-corrected chi connectivity index (χ3v) is 4.77. The highest BCUT2D eigenvalue weighted by Gasteiger charge is 2.26. The summed E-state index contributed by atoms with van der Waals surface area (Å²) in [4.78, 5) is 28.0. The Balaban J connectivity index is 1.75. The van der Waals surface area contributed by atoms with Crippen LogP contribution in [0.3, 0.4) is 0 Å². The van der Waals surface area contributed by atoms with Gasteiger partial charge in [0.2, 0.25) is 0 Å². The van der Waals surface area contributed by atoms with Crippen LogP contribution >= 0.6 is 0 Å². The van der Waals surface area contributed by atoms with Gasteiger partial charge in [0.1, 0.15) is 13.2 Å². The van der Waals surface area contributed by atoms with E-state index in [-0.39, 0.29) is 12.1 Å². The predicted molar refractivity (Wildman–Crippen MR) is 99.3 cm³/mol. The van der Waals surface area contributed by atoms with Crippen LogP contribution in [0.25, 0.3) is 10.9 Å². The van der Waals surface area contributed by atoms with Crippen LogP contribution in [0.4, 0.5) is 0 Å². The first kappa shape index (κ1) is 16.4. The second-order valence-corrected chi connectivity index (χ2v) is 7.11. The summed E-state index contributed by atoms with van der Waals surface area (Å²) in [5.41, 5.74) is 0.390. The van der Waals surface area contributed by atoms with Gasteiger partial charge in [-0.15, -0.1) is 0 Å². The standard InChI is InChI=1S/C20H20N2O4/c1-20(2,13-7-8-16-17(11-13)26-10-9-25-16)12-22-18(23)14-5-3-4-6-15(14)21-19(22)24/h3-8,11H,9-10,12H2,1-2H3,(H,21,24). The summed E-state index contributed by atoms with van der Waals surface area (Å²) < 4.78 is 12.5. The maximum atomic E-state index is 12.8. The number of fused-ring (bicyclic) bond motifs is 2. The minimum absolute atomic E-state index is 0.256. The van der Waals surface area contributed by atoms with Gasteiger partial charge in [-0.25, -0.2) is 4.79 Å². The number of aromatic nitrogens is 2. The second-order valence-electron chi connectivity index (χ2n) is 7.11. The SMILES string of the molecule is CC(C)(Cn1c(=O)[nH]c2ccccc2c1=O)c1ccc2c(c1)OCCO2. The fraction of sp³-hybridized carbons (Fsp3) is 0.300. The van der Waals surface area contributed by atoms with E-state index in [1.54, 1.807) is 24.3 Å². The van der Waals surface area contributed by atoms with Gasteiger partial charge >= 0.3 is 5.69 Å². The number of aromatic amines is 1. The molecule has 0 fully saturated rings. The van der Waals surface area contributed by atoms with Gasteiger partial charge in [0.15, 0.2) is 11.5 Å². The van der Waals surface area contributed by atoms with Gasteiger partial charge in [-0.3, -0.25) is 9.36 Å². The molecule has 0 aliphatic carbocycles. The van der Waals surface area contributed by atoms with Crippen molar-refractivity contribution in [1.82, 2.24) is 9.55 Å². The highest BCUT2D eigenvalue weighted by molar-refractivity contribution is 5.76. The number of ether oxygens (including phenoxy) is 2. The molecule has 2 heterocycles. The Kier molecular flexibility index (Phi) is 3.83. The largest absolute Gasteiger partial charge is 0.486 e. The third-order valence-electron chi connectivity index (χ3n) is 4.77. The van der Waals surface area contributed by atoms with Crippen LogP contribution in [-0.2, 0) is 12.0 Å². The summed E-state index contributed by atoms with van der Waals surface area (Å²) >= 11 is 0. The summed E-state index contributed by atoms with van der Waals surface area (Å²) in [5.74, 6) is 1.41. The lowest BCUT2D eigenvalue weighted by Gasteiger charge is -2.28. The van der Waals surface area contributed by atoms with E-state index >= 15 is 0 Å². The van der Waals surface area contributed by atoms with Gasteiger partial charge in [0.05, 0.1) is 10.9 Å². The minimum atomic E-state index is -0.449. The molecule has 0 radical (unpaired) electrons. The second kappa shape index (κ2) is 6.05. The van der Waals surface area contributed by atoms with Crippen LogP contribution in [-0.4, -0.2) is 22.8 Å². The molecule has 26 heavy (non-hydrogen) atoms. The summed E-state index contributed by atoms with van der Waals surface area (Å²) in [7, 11) is 0. The smallest absolute Gasteiger partial charge is 0.328 e. The van der Waals surface area contributed by atoms with Crippen molar-refractivity contribution < 1.29 is 9.47 Å². The average Bonchev–Trinajstić information content (AvgIpc) is 2.65. The van der Waals surface area contributed by atoms with Crippen molar-refractivity contribution in [3.8, 4) is 11.5 Å². The molecule has 0 saturated carbocycles. The first-order valence-corrected chi connectivity index (χ1v) is 8.58. The lowest BCUT2D eigenvalue weighted by atomic mass is 9.84. The topological polar surface area (TPSA) is 73.3 Å². The van der Waals surface area contributed by atoms with E-state index in [4.69, 9.17) is 9.47 Å². The monoisotopic (exact) mass is 352 g/mol. The van der Waals surface area contributed by atoms with Crippen molar-refractivity contribution in [3.05, 3.63) is 68.9 Å². The molecule has 0 bridgehead atoms. The quantitative estimate of drug-likeness (QED) is 0.786. The third kappa shape index (κ3) is 2.77. The number of hydrogen-bond acceptors (Lipinski definition) is 4. The zero-order valence-corrected chi connectivity index (χ0v) is 14.7. The van der Waals surface area contributed by atoms with Crippen molar-refractivity contribution in [3.63, 3.8) is 0 Å².